The van der Waals surface area contributed by atoms with Crippen LogP contribution in [0, 0.1) is 25.2 Å². The molecule has 0 atom stereocenters. The van der Waals surface area contributed by atoms with Crippen LogP contribution in [0.2, 0.25) is 0 Å². The number of aryl methyl sites for hydroxylation is 1. The summed E-state index contributed by atoms with van der Waals surface area (Å²) in [6.07, 6.45) is 7.10. The van der Waals surface area contributed by atoms with Gasteiger partial charge in [-0.3, -0.25) is 4.98 Å². The Bertz CT molecular complexity index is 1290. The number of pyridine rings is 1. The molecule has 0 radical (unpaired) electrons. The lowest BCUT2D eigenvalue weighted by Gasteiger charge is -2.23. The van der Waals surface area contributed by atoms with Crippen molar-refractivity contribution in [2.45, 2.75) is 58.4 Å². The molecule has 1 aliphatic rings. The van der Waals surface area contributed by atoms with E-state index in [4.69, 9.17) is 0 Å². The molecule has 1 saturated carbocycles. The summed E-state index contributed by atoms with van der Waals surface area (Å²) >= 11 is 0. The number of aromatic amines is 1. The van der Waals surface area contributed by atoms with Gasteiger partial charge in [0.25, 0.3) is 0 Å². The molecule has 0 aliphatic heterocycles. The molecule has 1 aliphatic carbocycles. The van der Waals surface area contributed by atoms with E-state index in [0.29, 0.717) is 6.04 Å². The van der Waals surface area contributed by atoms with Crippen molar-refractivity contribution < 1.29 is 4.40 Å². The van der Waals surface area contributed by atoms with Gasteiger partial charge in [-0.2, -0.15) is 9.66 Å². The fourth-order valence-electron chi connectivity index (χ4n) is 4.98. The molecular formula is C27H29N4+. The van der Waals surface area contributed by atoms with Crippen LogP contribution >= 0.6 is 0 Å². The Hall–Kier alpha value is -3.32. The molecular weight excluding hydrogens is 380 g/mol. The first-order chi connectivity index (χ1) is 15.2. The Morgan fingerprint density at radius 2 is 1.77 bits per heavy atom. The molecule has 5 rings (SSSR count). The molecule has 0 saturated heterocycles. The molecule has 2 heterocycles. The molecule has 0 spiro atoms. The number of nitrogens with one attached hydrogen (secondary N) is 2. The van der Waals surface area contributed by atoms with Gasteiger partial charge in [0.05, 0.1) is 6.04 Å². The molecule has 2 aromatic heterocycles. The topological polar surface area (TPSA) is 55.7 Å². The Kier molecular flexibility index (Phi) is 5.11. The fraction of sp³-hybridized carbons (Fsp3) is 0.333. The average Bonchev–Trinajstić information content (AvgIpc) is 3.17. The molecule has 156 valence electrons. The number of fused-ring (bicyclic) bond motifs is 3. The van der Waals surface area contributed by atoms with Gasteiger partial charge in [-0.05, 0) is 49.9 Å². The number of nitrogens with zero attached hydrogens (tertiary/aromatic N) is 2. The highest BCUT2D eigenvalue weighted by atomic mass is 15.1. The number of hydrogen-bond acceptors (Lipinski definition) is 2. The number of para-hydroxylation sites is 2. The minimum Gasteiger partial charge on any atom is -0.302 e. The highest BCUT2D eigenvalue weighted by Crippen LogP contribution is 2.30. The summed E-state index contributed by atoms with van der Waals surface area (Å²) in [4.78, 5) is 3.52. The van der Waals surface area contributed by atoms with Crippen molar-refractivity contribution in [3.63, 3.8) is 0 Å². The number of H-pyrrole nitrogens is 1. The lowest BCUT2D eigenvalue weighted by atomic mass is 9.94. The Labute approximate surface area is 183 Å². The first-order valence-corrected chi connectivity index (χ1v) is 11.4. The van der Waals surface area contributed by atoms with E-state index >= 15 is 0 Å². The largest absolute Gasteiger partial charge is 0.302 e. The summed E-state index contributed by atoms with van der Waals surface area (Å²) in [7, 11) is 0. The first-order valence-electron chi connectivity index (χ1n) is 11.4. The summed E-state index contributed by atoms with van der Waals surface area (Å²) in [5.74, 6) is 1.14. The number of nitriles is 1. The molecule has 4 nitrogen and oxygen atoms in total. The van der Waals surface area contributed by atoms with Gasteiger partial charge in [-0.15, -0.1) is 0 Å². The Morgan fingerprint density at radius 1 is 1.03 bits per heavy atom. The molecule has 31 heavy (non-hydrogen) atoms. The van der Waals surface area contributed by atoms with E-state index in [1.54, 1.807) is 0 Å². The maximum Gasteiger partial charge on any atom is 0.250 e. The third-order valence-corrected chi connectivity index (χ3v) is 6.75. The maximum atomic E-state index is 10.1. The molecule has 4 aromatic rings. The second kappa shape index (κ2) is 8.07. The van der Waals surface area contributed by atoms with Crippen molar-refractivity contribution in [1.29, 1.82) is 5.26 Å². The predicted octanol–water partition coefficient (Wildman–Crippen LogP) is 5.73. The first kappa shape index (κ1) is 19.6. The standard InChI is InChI=1S/C27H28N4/c1-18-12-14-20(15-13-18)16-22-19(2)23(17-28)27-30-24-10-6-7-11-25(24)31(27)26(22)29-21-8-4-3-5-9-21/h6-7,10-15,21H,3-5,8-9,16H2,1-2H3,(H,29,30)/p+1. The van der Waals surface area contributed by atoms with Gasteiger partial charge in [0.1, 0.15) is 22.7 Å². The number of rotatable bonds is 4. The summed E-state index contributed by atoms with van der Waals surface area (Å²) in [5.41, 5.74) is 8.58. The van der Waals surface area contributed by atoms with Crippen molar-refractivity contribution >= 4 is 22.5 Å². The number of benzene rings is 2. The van der Waals surface area contributed by atoms with E-state index in [2.05, 4.69) is 77.1 Å². The zero-order valence-electron chi connectivity index (χ0n) is 18.3. The predicted molar refractivity (Wildman–Crippen MR) is 125 cm³/mol. The van der Waals surface area contributed by atoms with Gasteiger partial charge < -0.3 is 5.32 Å². The zero-order valence-corrected chi connectivity index (χ0v) is 18.3. The van der Waals surface area contributed by atoms with E-state index in [9.17, 15) is 5.26 Å². The molecule has 0 bridgehead atoms. The minimum absolute atomic E-state index is 0.474. The van der Waals surface area contributed by atoms with Crippen molar-refractivity contribution in [2.75, 3.05) is 5.32 Å². The average molecular weight is 410 g/mol. The van der Waals surface area contributed by atoms with Crippen LogP contribution in [0.1, 0.15) is 59.9 Å². The molecule has 1 fully saturated rings. The van der Waals surface area contributed by atoms with Crippen LogP contribution in [0.15, 0.2) is 48.5 Å². The van der Waals surface area contributed by atoms with E-state index in [-0.39, 0.29) is 0 Å². The van der Waals surface area contributed by atoms with Gasteiger partial charge in [0, 0.05) is 12.0 Å². The lowest BCUT2D eigenvalue weighted by Crippen LogP contribution is -2.34. The number of anilines is 1. The van der Waals surface area contributed by atoms with Crippen LogP contribution in [0.5, 0.6) is 0 Å². The highest BCUT2D eigenvalue weighted by Gasteiger charge is 2.28. The van der Waals surface area contributed by atoms with Crippen LogP contribution in [0.3, 0.4) is 0 Å². The third-order valence-electron chi connectivity index (χ3n) is 6.75. The molecule has 2 aromatic carbocycles. The Morgan fingerprint density at radius 3 is 2.52 bits per heavy atom. The SMILES string of the molecule is Cc1ccc(Cc2c(C)c(C#N)c3[nH]c4ccccc4[n+]3c2NC2CCCCC2)cc1. The summed E-state index contributed by atoms with van der Waals surface area (Å²) in [5, 5.41) is 14.0. The van der Waals surface area contributed by atoms with Crippen molar-refractivity contribution in [3.8, 4) is 6.07 Å². The molecule has 0 amide bonds. The molecule has 0 unspecified atom stereocenters. The van der Waals surface area contributed by atoms with Gasteiger partial charge in [0.15, 0.2) is 0 Å². The number of imidazole rings is 1. The van der Waals surface area contributed by atoms with Crippen molar-refractivity contribution in [1.82, 2.24) is 4.98 Å². The summed E-state index contributed by atoms with van der Waals surface area (Å²) in [6, 6.07) is 20.0. The van der Waals surface area contributed by atoms with Crippen LogP contribution in [-0.2, 0) is 6.42 Å². The van der Waals surface area contributed by atoms with Crippen LogP contribution in [0.25, 0.3) is 16.7 Å². The maximum absolute atomic E-state index is 10.1. The summed E-state index contributed by atoms with van der Waals surface area (Å²) < 4.78 is 2.25. The quantitative estimate of drug-likeness (QED) is 0.423. The molecule has 4 heteroatoms. The molecule has 2 N–H and O–H groups in total. The van der Waals surface area contributed by atoms with Crippen LogP contribution < -0.4 is 9.72 Å². The number of aromatic nitrogens is 2. The minimum atomic E-state index is 0.474. The van der Waals surface area contributed by atoms with Crippen molar-refractivity contribution in [3.05, 3.63) is 76.3 Å². The second-order valence-electron chi connectivity index (χ2n) is 8.91. The van der Waals surface area contributed by atoms with E-state index in [0.717, 1.165) is 40.0 Å². The van der Waals surface area contributed by atoms with Crippen LogP contribution in [-0.4, -0.2) is 11.0 Å². The smallest absolute Gasteiger partial charge is 0.250 e. The van der Waals surface area contributed by atoms with E-state index in [1.807, 2.05) is 6.07 Å². The second-order valence-corrected chi connectivity index (χ2v) is 8.91. The summed E-state index contributed by atoms with van der Waals surface area (Å²) in [6.45, 7) is 4.21. The van der Waals surface area contributed by atoms with Gasteiger partial charge >= 0.3 is 0 Å². The van der Waals surface area contributed by atoms with Crippen molar-refractivity contribution in [2.24, 2.45) is 0 Å². The van der Waals surface area contributed by atoms with Gasteiger partial charge in [-0.1, -0.05) is 61.2 Å². The number of hydrogen-bond donors (Lipinski definition) is 2. The normalized spacial score (nSPS) is 14.7. The third kappa shape index (κ3) is 3.55. The lowest BCUT2D eigenvalue weighted by molar-refractivity contribution is -0.465. The van der Waals surface area contributed by atoms with Gasteiger partial charge in [0.2, 0.25) is 11.5 Å². The Balaban J connectivity index is 1.76. The highest BCUT2D eigenvalue weighted by molar-refractivity contribution is 5.78. The fourth-order valence-corrected chi connectivity index (χ4v) is 4.98. The van der Waals surface area contributed by atoms with Gasteiger partial charge in [-0.25, -0.2) is 0 Å². The monoisotopic (exact) mass is 409 g/mol. The van der Waals surface area contributed by atoms with Crippen LogP contribution in [0.4, 0.5) is 5.82 Å². The zero-order chi connectivity index (χ0) is 21.4. The van der Waals surface area contributed by atoms with E-state index in [1.165, 1.54) is 48.8 Å². The van der Waals surface area contributed by atoms with E-state index < -0.39 is 0 Å².